The van der Waals surface area contributed by atoms with Crippen molar-refractivity contribution in [3.63, 3.8) is 0 Å². The fourth-order valence-corrected chi connectivity index (χ4v) is 3.10. The first-order valence-corrected chi connectivity index (χ1v) is 8.18. The molecule has 1 amide bonds. The third kappa shape index (κ3) is 3.99. The molecule has 0 N–H and O–H groups in total. The van der Waals surface area contributed by atoms with E-state index in [1.165, 1.54) is 0 Å². The van der Waals surface area contributed by atoms with Crippen LogP contribution in [0.5, 0.6) is 0 Å². The molecule has 1 aromatic rings. The second kappa shape index (κ2) is 7.48. The van der Waals surface area contributed by atoms with Crippen molar-refractivity contribution in [2.24, 2.45) is 13.0 Å². The molecule has 2 heterocycles. The molecule has 0 atom stereocenters. The molecule has 0 bridgehead atoms. The number of hydrogen-bond donors (Lipinski definition) is 0. The molecule has 118 valence electrons. The fourth-order valence-electron chi connectivity index (χ4n) is 3.10. The third-order valence-electron chi connectivity index (χ3n) is 4.27. The summed E-state index contributed by atoms with van der Waals surface area (Å²) in [6.07, 6.45) is 8.16. The molecule has 0 radical (unpaired) electrons. The van der Waals surface area contributed by atoms with Gasteiger partial charge in [-0.1, -0.05) is 26.7 Å². The number of anilines is 1. The average molecular weight is 292 g/mol. The molecule has 0 aromatic carbocycles. The number of aryl methyl sites for hydroxylation is 1. The summed E-state index contributed by atoms with van der Waals surface area (Å²) in [5.74, 6) is 0.592. The van der Waals surface area contributed by atoms with E-state index in [1.807, 2.05) is 24.1 Å². The van der Waals surface area contributed by atoms with Crippen molar-refractivity contribution in [3.05, 3.63) is 12.4 Å². The lowest BCUT2D eigenvalue weighted by Gasteiger charge is -2.37. The van der Waals surface area contributed by atoms with Gasteiger partial charge in [-0.25, -0.2) is 0 Å². The minimum absolute atomic E-state index is 0.227. The Kier molecular flexibility index (Phi) is 5.65. The molecule has 5 heteroatoms. The van der Waals surface area contributed by atoms with Gasteiger partial charge in [-0.2, -0.15) is 5.10 Å². The van der Waals surface area contributed by atoms with Crippen LogP contribution in [0.15, 0.2) is 12.4 Å². The summed E-state index contributed by atoms with van der Waals surface area (Å²) in [6.45, 7) is 7.80. The van der Waals surface area contributed by atoms with Crippen LogP contribution in [0.2, 0.25) is 0 Å². The van der Waals surface area contributed by atoms with Crippen LogP contribution in [0.25, 0.3) is 0 Å². The van der Waals surface area contributed by atoms with Gasteiger partial charge in [-0.15, -0.1) is 0 Å². The highest BCUT2D eigenvalue weighted by Crippen LogP contribution is 2.20. The number of amides is 1. The molecule has 21 heavy (non-hydrogen) atoms. The molecule has 0 aliphatic carbocycles. The van der Waals surface area contributed by atoms with E-state index in [0.29, 0.717) is 5.91 Å². The predicted molar refractivity (Wildman–Crippen MR) is 85.3 cm³/mol. The Morgan fingerprint density at radius 1 is 1.19 bits per heavy atom. The summed E-state index contributed by atoms with van der Waals surface area (Å²) >= 11 is 0. The van der Waals surface area contributed by atoms with Crippen molar-refractivity contribution in [2.75, 3.05) is 31.1 Å². The van der Waals surface area contributed by atoms with E-state index >= 15 is 0 Å². The van der Waals surface area contributed by atoms with Crippen LogP contribution in [-0.4, -0.2) is 46.8 Å². The number of rotatable bonds is 6. The molecule has 0 spiro atoms. The number of hydrogen-bond acceptors (Lipinski definition) is 3. The Labute approximate surface area is 127 Å². The zero-order chi connectivity index (χ0) is 15.2. The van der Waals surface area contributed by atoms with Gasteiger partial charge in [0, 0.05) is 45.3 Å². The van der Waals surface area contributed by atoms with Gasteiger partial charge in [0.1, 0.15) is 0 Å². The Morgan fingerprint density at radius 3 is 2.29 bits per heavy atom. The lowest BCUT2D eigenvalue weighted by Crippen LogP contribution is -2.50. The van der Waals surface area contributed by atoms with Crippen molar-refractivity contribution < 1.29 is 4.79 Å². The lowest BCUT2D eigenvalue weighted by molar-refractivity contribution is -0.136. The SMILES string of the molecule is CCCC(CCC)C(=O)N1CCN(c2cnn(C)c2)CC1. The predicted octanol–water partition coefficient (Wildman–Crippen LogP) is 2.29. The van der Waals surface area contributed by atoms with Crippen LogP contribution >= 0.6 is 0 Å². The van der Waals surface area contributed by atoms with Crippen LogP contribution in [0.1, 0.15) is 39.5 Å². The summed E-state index contributed by atoms with van der Waals surface area (Å²) in [4.78, 5) is 17.0. The van der Waals surface area contributed by atoms with E-state index < -0.39 is 0 Å². The molecule has 1 aliphatic rings. The lowest BCUT2D eigenvalue weighted by atomic mass is 9.96. The van der Waals surface area contributed by atoms with E-state index in [1.54, 1.807) is 0 Å². The molecule has 1 saturated heterocycles. The first-order chi connectivity index (χ1) is 10.2. The highest BCUT2D eigenvalue weighted by molar-refractivity contribution is 5.79. The summed E-state index contributed by atoms with van der Waals surface area (Å²) < 4.78 is 1.82. The van der Waals surface area contributed by atoms with E-state index in [2.05, 4.69) is 28.7 Å². The molecule has 0 saturated carbocycles. The molecule has 1 aliphatic heterocycles. The number of aromatic nitrogens is 2. The zero-order valence-corrected chi connectivity index (χ0v) is 13.6. The second-order valence-corrected chi connectivity index (χ2v) is 5.96. The number of piperazine rings is 1. The van der Waals surface area contributed by atoms with Crippen molar-refractivity contribution in [2.45, 2.75) is 39.5 Å². The maximum absolute atomic E-state index is 12.6. The molecule has 1 aromatic heterocycles. The Hall–Kier alpha value is -1.52. The van der Waals surface area contributed by atoms with E-state index in [-0.39, 0.29) is 5.92 Å². The molecular formula is C16H28N4O. The van der Waals surface area contributed by atoms with Crippen molar-refractivity contribution in [1.82, 2.24) is 14.7 Å². The zero-order valence-electron chi connectivity index (χ0n) is 13.6. The van der Waals surface area contributed by atoms with Crippen LogP contribution in [0, 0.1) is 5.92 Å². The first-order valence-electron chi connectivity index (χ1n) is 8.18. The maximum atomic E-state index is 12.6. The first kappa shape index (κ1) is 15.9. The summed E-state index contributed by atoms with van der Waals surface area (Å²) in [7, 11) is 1.93. The summed E-state index contributed by atoms with van der Waals surface area (Å²) in [5, 5.41) is 4.22. The highest BCUT2D eigenvalue weighted by Gasteiger charge is 2.26. The quantitative estimate of drug-likeness (QED) is 0.808. The molecule has 1 fully saturated rings. The van der Waals surface area contributed by atoms with E-state index in [4.69, 9.17) is 0 Å². The minimum atomic E-state index is 0.227. The van der Waals surface area contributed by atoms with Gasteiger partial charge < -0.3 is 9.80 Å². The Morgan fingerprint density at radius 2 is 1.81 bits per heavy atom. The average Bonchev–Trinajstić information content (AvgIpc) is 2.93. The van der Waals surface area contributed by atoms with Crippen LogP contribution < -0.4 is 4.90 Å². The second-order valence-electron chi connectivity index (χ2n) is 5.96. The molecular weight excluding hydrogens is 264 g/mol. The Bertz CT molecular complexity index is 443. The third-order valence-corrected chi connectivity index (χ3v) is 4.27. The topological polar surface area (TPSA) is 41.4 Å². The number of carbonyl (C=O) groups is 1. The van der Waals surface area contributed by atoms with Crippen LogP contribution in [-0.2, 0) is 11.8 Å². The van der Waals surface area contributed by atoms with Gasteiger partial charge in [0.15, 0.2) is 0 Å². The van der Waals surface area contributed by atoms with E-state index in [9.17, 15) is 4.79 Å². The molecule has 2 rings (SSSR count). The van der Waals surface area contributed by atoms with Crippen molar-refractivity contribution >= 4 is 11.6 Å². The monoisotopic (exact) mass is 292 g/mol. The normalized spacial score (nSPS) is 15.8. The fraction of sp³-hybridized carbons (Fsp3) is 0.750. The maximum Gasteiger partial charge on any atom is 0.225 e. The highest BCUT2D eigenvalue weighted by atomic mass is 16.2. The van der Waals surface area contributed by atoms with Crippen LogP contribution in [0.3, 0.4) is 0 Å². The number of carbonyl (C=O) groups excluding carboxylic acids is 1. The summed E-state index contributed by atoms with van der Waals surface area (Å²) in [6, 6.07) is 0. The molecule has 5 nitrogen and oxygen atoms in total. The summed E-state index contributed by atoms with van der Waals surface area (Å²) in [5.41, 5.74) is 1.16. The van der Waals surface area contributed by atoms with Crippen molar-refractivity contribution in [3.8, 4) is 0 Å². The van der Waals surface area contributed by atoms with Gasteiger partial charge in [0.05, 0.1) is 11.9 Å². The van der Waals surface area contributed by atoms with Crippen molar-refractivity contribution in [1.29, 1.82) is 0 Å². The smallest absolute Gasteiger partial charge is 0.225 e. The van der Waals surface area contributed by atoms with Crippen LogP contribution in [0.4, 0.5) is 5.69 Å². The number of nitrogens with zero attached hydrogens (tertiary/aromatic N) is 4. The van der Waals surface area contributed by atoms with Gasteiger partial charge >= 0.3 is 0 Å². The minimum Gasteiger partial charge on any atom is -0.365 e. The van der Waals surface area contributed by atoms with Gasteiger partial charge in [-0.3, -0.25) is 9.48 Å². The van der Waals surface area contributed by atoms with E-state index in [0.717, 1.165) is 57.5 Å². The molecule has 0 unspecified atom stereocenters. The largest absolute Gasteiger partial charge is 0.365 e. The Balaban J connectivity index is 1.89. The van der Waals surface area contributed by atoms with Gasteiger partial charge in [0.2, 0.25) is 5.91 Å². The van der Waals surface area contributed by atoms with Gasteiger partial charge in [-0.05, 0) is 12.8 Å². The van der Waals surface area contributed by atoms with Gasteiger partial charge in [0.25, 0.3) is 0 Å². The standard InChI is InChI=1S/C16H28N4O/c1-4-6-14(7-5-2)16(21)20-10-8-19(9-11-20)15-12-17-18(3)13-15/h12-14H,4-11H2,1-3H3.